The Bertz CT molecular complexity index is 570. The molecule has 0 bridgehead atoms. The summed E-state index contributed by atoms with van der Waals surface area (Å²) in [4.78, 5) is 0. The molecule has 0 saturated heterocycles. The first-order valence-electron chi connectivity index (χ1n) is 5.96. The van der Waals surface area contributed by atoms with E-state index in [1.54, 1.807) is 0 Å². The van der Waals surface area contributed by atoms with Gasteiger partial charge in [0.25, 0.3) is 0 Å². The maximum Gasteiger partial charge on any atom is 0.162 e. The molecular weight excluding hydrogens is 246 g/mol. The maximum absolute atomic E-state index is 6.19. The van der Waals surface area contributed by atoms with E-state index in [-0.39, 0.29) is 5.60 Å². The van der Waals surface area contributed by atoms with Crippen LogP contribution < -0.4 is 10.1 Å². The molecule has 3 heteroatoms. The number of anilines is 1. The summed E-state index contributed by atoms with van der Waals surface area (Å²) in [5.74, 6) is 0.733. The van der Waals surface area contributed by atoms with E-state index < -0.39 is 0 Å². The second-order valence-corrected chi connectivity index (χ2v) is 5.08. The van der Waals surface area contributed by atoms with Gasteiger partial charge in [-0.15, -0.1) is 0 Å². The summed E-state index contributed by atoms with van der Waals surface area (Å²) in [7, 11) is 0. The maximum atomic E-state index is 6.19. The van der Waals surface area contributed by atoms with Gasteiger partial charge in [-0.25, -0.2) is 0 Å². The van der Waals surface area contributed by atoms with Crippen LogP contribution in [-0.2, 0) is 5.60 Å². The molecule has 0 radical (unpaired) electrons. The van der Waals surface area contributed by atoms with E-state index >= 15 is 0 Å². The predicted octanol–water partition coefficient (Wildman–Crippen LogP) is 4.06. The van der Waals surface area contributed by atoms with Crippen molar-refractivity contribution in [1.82, 2.24) is 0 Å². The molecule has 2 aromatic rings. The van der Waals surface area contributed by atoms with Gasteiger partial charge in [-0.05, 0) is 24.6 Å². The highest BCUT2D eigenvalue weighted by Crippen LogP contribution is 2.41. The van der Waals surface area contributed by atoms with Crippen LogP contribution in [0.1, 0.15) is 12.5 Å². The van der Waals surface area contributed by atoms with E-state index in [2.05, 4.69) is 24.4 Å². The number of hydrogen-bond donors (Lipinski definition) is 1. The summed E-state index contributed by atoms with van der Waals surface area (Å²) < 4.78 is 6.14. The zero-order chi connectivity index (χ0) is 12.6. The van der Waals surface area contributed by atoms with Crippen LogP contribution in [0.15, 0.2) is 48.5 Å². The lowest BCUT2D eigenvalue weighted by Crippen LogP contribution is -2.40. The molecule has 0 aliphatic carbocycles. The van der Waals surface area contributed by atoms with Crippen LogP contribution in [0.2, 0.25) is 5.02 Å². The van der Waals surface area contributed by atoms with Gasteiger partial charge in [0.2, 0.25) is 0 Å². The Morgan fingerprint density at radius 2 is 1.89 bits per heavy atom. The van der Waals surface area contributed by atoms with Gasteiger partial charge in [-0.1, -0.05) is 48.0 Å². The largest absolute Gasteiger partial charge is 0.477 e. The molecule has 1 heterocycles. The highest BCUT2D eigenvalue weighted by molar-refractivity contribution is 6.32. The summed E-state index contributed by atoms with van der Waals surface area (Å²) in [5.41, 5.74) is 1.71. The van der Waals surface area contributed by atoms with Crippen molar-refractivity contribution in [1.29, 1.82) is 0 Å². The fourth-order valence-corrected chi connectivity index (χ4v) is 2.44. The first kappa shape index (κ1) is 11.4. The molecule has 92 valence electrons. The lowest BCUT2D eigenvalue weighted by molar-refractivity contribution is 0.0941. The molecule has 1 aliphatic rings. The number of halogens is 1. The minimum Gasteiger partial charge on any atom is -0.477 e. The zero-order valence-electron chi connectivity index (χ0n) is 10.1. The second kappa shape index (κ2) is 4.21. The topological polar surface area (TPSA) is 21.3 Å². The van der Waals surface area contributed by atoms with Crippen LogP contribution in [0, 0.1) is 0 Å². The molecule has 2 nitrogen and oxygen atoms in total. The van der Waals surface area contributed by atoms with Gasteiger partial charge in [-0.2, -0.15) is 0 Å². The molecule has 18 heavy (non-hydrogen) atoms. The van der Waals surface area contributed by atoms with Crippen molar-refractivity contribution >= 4 is 17.3 Å². The van der Waals surface area contributed by atoms with Gasteiger partial charge in [-0.3, -0.25) is 0 Å². The fraction of sp³-hybridized carbons (Fsp3) is 0.200. The predicted molar refractivity (Wildman–Crippen MR) is 74.4 cm³/mol. The van der Waals surface area contributed by atoms with Crippen LogP contribution in [0.5, 0.6) is 5.75 Å². The third-order valence-electron chi connectivity index (χ3n) is 3.29. The van der Waals surface area contributed by atoms with Gasteiger partial charge in [0.1, 0.15) is 5.60 Å². The minimum absolute atomic E-state index is 0.390. The summed E-state index contributed by atoms with van der Waals surface area (Å²) in [6, 6.07) is 15.9. The number of hydrogen-bond acceptors (Lipinski definition) is 2. The van der Waals surface area contributed by atoms with Gasteiger partial charge in [0.15, 0.2) is 5.75 Å². The Kier molecular flexibility index (Phi) is 2.67. The molecule has 1 N–H and O–H groups in total. The van der Waals surface area contributed by atoms with Crippen molar-refractivity contribution in [3.05, 3.63) is 59.1 Å². The normalized spacial score (nSPS) is 21.7. The average molecular weight is 260 g/mol. The van der Waals surface area contributed by atoms with Crippen LogP contribution in [0.25, 0.3) is 0 Å². The highest BCUT2D eigenvalue weighted by Gasteiger charge is 2.34. The number of benzene rings is 2. The third-order valence-corrected chi connectivity index (χ3v) is 3.59. The van der Waals surface area contributed by atoms with Gasteiger partial charge in [0, 0.05) is 0 Å². The summed E-state index contributed by atoms with van der Waals surface area (Å²) in [6.07, 6.45) is 0. The van der Waals surface area contributed by atoms with E-state index in [1.165, 1.54) is 0 Å². The van der Waals surface area contributed by atoms with Crippen molar-refractivity contribution < 1.29 is 4.74 Å². The molecule has 0 aromatic heterocycles. The van der Waals surface area contributed by atoms with Crippen LogP contribution in [0.3, 0.4) is 0 Å². The van der Waals surface area contributed by atoms with Gasteiger partial charge in [0.05, 0.1) is 17.3 Å². The van der Waals surface area contributed by atoms with E-state index in [0.29, 0.717) is 5.02 Å². The van der Waals surface area contributed by atoms with Crippen molar-refractivity contribution in [3.8, 4) is 5.75 Å². The second-order valence-electron chi connectivity index (χ2n) is 4.67. The fourth-order valence-electron chi connectivity index (χ4n) is 2.23. The Morgan fingerprint density at radius 1 is 1.11 bits per heavy atom. The van der Waals surface area contributed by atoms with E-state index in [4.69, 9.17) is 16.3 Å². The first-order chi connectivity index (χ1) is 8.69. The Labute approximate surface area is 112 Å². The standard InChI is InChI=1S/C15H14ClNO/c1-15(11-6-3-2-4-7-11)10-17-13-9-5-8-12(16)14(13)18-15/h2-9,17H,10H2,1H3. The summed E-state index contributed by atoms with van der Waals surface area (Å²) in [6.45, 7) is 2.80. The zero-order valence-corrected chi connectivity index (χ0v) is 10.9. The Balaban J connectivity index is 2.02. The molecule has 1 atom stereocenters. The Morgan fingerprint density at radius 3 is 2.67 bits per heavy atom. The van der Waals surface area contributed by atoms with Crippen molar-refractivity contribution in [2.75, 3.05) is 11.9 Å². The summed E-state index contributed by atoms with van der Waals surface area (Å²) in [5, 5.41) is 4.02. The number of fused-ring (bicyclic) bond motifs is 1. The molecule has 0 spiro atoms. The number of nitrogens with one attached hydrogen (secondary N) is 1. The van der Waals surface area contributed by atoms with Crippen LogP contribution in [-0.4, -0.2) is 6.54 Å². The van der Waals surface area contributed by atoms with Crippen molar-refractivity contribution in [2.45, 2.75) is 12.5 Å². The monoisotopic (exact) mass is 259 g/mol. The molecule has 1 aliphatic heterocycles. The lowest BCUT2D eigenvalue weighted by Gasteiger charge is -2.37. The van der Waals surface area contributed by atoms with Crippen molar-refractivity contribution in [2.24, 2.45) is 0 Å². The number of rotatable bonds is 1. The Hall–Kier alpha value is -1.67. The average Bonchev–Trinajstić information content (AvgIpc) is 2.41. The smallest absolute Gasteiger partial charge is 0.162 e. The van der Waals surface area contributed by atoms with E-state index in [1.807, 2.05) is 36.4 Å². The van der Waals surface area contributed by atoms with Crippen molar-refractivity contribution in [3.63, 3.8) is 0 Å². The number of para-hydroxylation sites is 1. The highest BCUT2D eigenvalue weighted by atomic mass is 35.5. The van der Waals surface area contributed by atoms with E-state index in [9.17, 15) is 0 Å². The third kappa shape index (κ3) is 1.83. The molecule has 2 aromatic carbocycles. The van der Waals surface area contributed by atoms with Gasteiger partial charge < -0.3 is 10.1 Å². The van der Waals surface area contributed by atoms with Crippen LogP contribution in [0.4, 0.5) is 5.69 Å². The molecule has 3 rings (SSSR count). The molecule has 0 saturated carbocycles. The van der Waals surface area contributed by atoms with E-state index in [0.717, 1.165) is 23.5 Å². The SMILES string of the molecule is CC1(c2ccccc2)CNc2cccc(Cl)c2O1. The minimum atomic E-state index is -0.390. The molecular formula is C15H14ClNO. The lowest BCUT2D eigenvalue weighted by atomic mass is 9.94. The first-order valence-corrected chi connectivity index (χ1v) is 6.34. The van der Waals surface area contributed by atoms with Crippen LogP contribution >= 0.6 is 11.6 Å². The molecule has 0 fully saturated rings. The van der Waals surface area contributed by atoms with Gasteiger partial charge >= 0.3 is 0 Å². The molecule has 1 unspecified atom stereocenters. The summed E-state index contributed by atoms with van der Waals surface area (Å²) >= 11 is 6.19. The number of ether oxygens (including phenoxy) is 1. The quantitative estimate of drug-likeness (QED) is 0.834. The molecule has 0 amide bonds.